The third kappa shape index (κ3) is 7.15. The lowest BCUT2D eigenvalue weighted by molar-refractivity contribution is -0.899. The van der Waals surface area contributed by atoms with Crippen molar-refractivity contribution in [2.24, 2.45) is 5.92 Å². The summed E-state index contributed by atoms with van der Waals surface area (Å²) < 4.78 is 10.8. The van der Waals surface area contributed by atoms with Crippen LogP contribution in [0.3, 0.4) is 0 Å². The zero-order valence-corrected chi connectivity index (χ0v) is 17.7. The molecule has 1 unspecified atom stereocenters. The molecule has 0 aromatic heterocycles. The predicted molar refractivity (Wildman–Crippen MR) is 109 cm³/mol. The van der Waals surface area contributed by atoms with Gasteiger partial charge < -0.3 is 19.7 Å². The summed E-state index contributed by atoms with van der Waals surface area (Å²) in [6, 6.07) is 8.09. The summed E-state index contributed by atoms with van der Waals surface area (Å²) >= 11 is 0. The van der Waals surface area contributed by atoms with E-state index in [-0.39, 0.29) is 23.2 Å². The first kappa shape index (κ1) is 22.2. The fraction of sp³-hybridized carbons (Fsp3) is 0.636. The standard InChI is InChI=1S/C22H34N2O4/c1-5-27-21(26)17-7-6-13-24(15-17)16-20(25)23-12-14-28-19-10-8-18(9-11-19)22(2,3)4/h8-11,17H,5-7,12-16H2,1-4H3,(H,23,25)/p+1/t17-/m1/s1. The Morgan fingerprint density at radius 2 is 1.93 bits per heavy atom. The summed E-state index contributed by atoms with van der Waals surface area (Å²) in [4.78, 5) is 25.2. The molecule has 1 aromatic carbocycles. The van der Waals surface area contributed by atoms with Gasteiger partial charge in [-0.1, -0.05) is 32.9 Å². The Morgan fingerprint density at radius 3 is 2.57 bits per heavy atom. The molecule has 1 aliphatic heterocycles. The Labute approximate surface area is 168 Å². The number of nitrogens with one attached hydrogen (secondary N) is 2. The third-order valence-electron chi connectivity index (χ3n) is 5.06. The van der Waals surface area contributed by atoms with Crippen LogP contribution in [0.5, 0.6) is 5.75 Å². The molecule has 0 saturated carbocycles. The zero-order valence-electron chi connectivity index (χ0n) is 17.7. The average Bonchev–Trinajstić information content (AvgIpc) is 2.65. The van der Waals surface area contributed by atoms with Crippen molar-refractivity contribution in [1.82, 2.24) is 5.32 Å². The van der Waals surface area contributed by atoms with Crippen LogP contribution in [-0.2, 0) is 19.7 Å². The van der Waals surface area contributed by atoms with E-state index in [1.807, 2.05) is 19.1 Å². The number of esters is 1. The molecule has 2 N–H and O–H groups in total. The zero-order chi connectivity index (χ0) is 20.6. The van der Waals surface area contributed by atoms with E-state index in [4.69, 9.17) is 9.47 Å². The molecule has 2 rings (SSSR count). The quantitative estimate of drug-likeness (QED) is 0.518. The molecule has 156 valence electrons. The smallest absolute Gasteiger partial charge is 0.314 e. The van der Waals surface area contributed by atoms with E-state index in [0.717, 1.165) is 30.0 Å². The topological polar surface area (TPSA) is 69.1 Å². The molecule has 0 radical (unpaired) electrons. The maximum atomic E-state index is 12.2. The van der Waals surface area contributed by atoms with Gasteiger partial charge in [0.05, 0.1) is 26.2 Å². The number of benzene rings is 1. The SMILES string of the molecule is CCOC(=O)[C@@H]1CCC[NH+](CC(=O)NCCOc2ccc(C(C)(C)C)cc2)C1. The Morgan fingerprint density at radius 1 is 1.21 bits per heavy atom. The molecular weight excluding hydrogens is 356 g/mol. The van der Waals surface area contributed by atoms with Gasteiger partial charge in [0.15, 0.2) is 6.54 Å². The van der Waals surface area contributed by atoms with E-state index in [9.17, 15) is 9.59 Å². The number of likely N-dealkylation sites (tertiary alicyclic amines) is 1. The lowest BCUT2D eigenvalue weighted by Crippen LogP contribution is -3.14. The minimum atomic E-state index is -0.133. The summed E-state index contributed by atoms with van der Waals surface area (Å²) in [5.74, 6) is 0.578. The third-order valence-corrected chi connectivity index (χ3v) is 5.06. The van der Waals surface area contributed by atoms with Gasteiger partial charge in [-0.25, -0.2) is 0 Å². The molecule has 0 aliphatic carbocycles. The number of hydrogen-bond donors (Lipinski definition) is 2. The first-order chi connectivity index (χ1) is 13.3. The number of quaternary nitrogens is 1. The maximum absolute atomic E-state index is 12.2. The lowest BCUT2D eigenvalue weighted by Gasteiger charge is -2.28. The van der Waals surface area contributed by atoms with Gasteiger partial charge in [-0.2, -0.15) is 0 Å². The predicted octanol–water partition coefficient (Wildman–Crippen LogP) is 1.34. The van der Waals surface area contributed by atoms with Gasteiger partial charge in [-0.05, 0) is 42.9 Å². The van der Waals surface area contributed by atoms with Crippen molar-refractivity contribution in [1.29, 1.82) is 0 Å². The molecule has 6 nitrogen and oxygen atoms in total. The highest BCUT2D eigenvalue weighted by atomic mass is 16.5. The van der Waals surface area contributed by atoms with E-state index in [2.05, 4.69) is 38.2 Å². The summed E-state index contributed by atoms with van der Waals surface area (Å²) in [5, 5.41) is 2.90. The van der Waals surface area contributed by atoms with Crippen molar-refractivity contribution >= 4 is 11.9 Å². The van der Waals surface area contributed by atoms with E-state index >= 15 is 0 Å². The number of carbonyl (C=O) groups is 2. The second-order valence-electron chi connectivity index (χ2n) is 8.44. The fourth-order valence-corrected chi connectivity index (χ4v) is 3.47. The highest BCUT2D eigenvalue weighted by molar-refractivity contribution is 5.77. The summed E-state index contributed by atoms with van der Waals surface area (Å²) in [7, 11) is 0. The van der Waals surface area contributed by atoms with E-state index in [1.165, 1.54) is 5.56 Å². The lowest BCUT2D eigenvalue weighted by atomic mass is 9.87. The van der Waals surface area contributed by atoms with Gasteiger partial charge in [0.25, 0.3) is 5.91 Å². The molecular formula is C22H35N2O4+. The molecule has 1 aromatic rings. The van der Waals surface area contributed by atoms with E-state index in [0.29, 0.717) is 32.8 Å². The van der Waals surface area contributed by atoms with Crippen molar-refractivity contribution in [3.05, 3.63) is 29.8 Å². The summed E-state index contributed by atoms with van der Waals surface area (Å²) in [5.41, 5.74) is 1.38. The number of rotatable bonds is 8. The summed E-state index contributed by atoms with van der Waals surface area (Å²) in [6.45, 7) is 11.6. The first-order valence-corrected chi connectivity index (χ1v) is 10.3. The van der Waals surface area contributed by atoms with Crippen molar-refractivity contribution in [2.45, 2.75) is 46.0 Å². The van der Waals surface area contributed by atoms with E-state index in [1.54, 1.807) is 0 Å². The van der Waals surface area contributed by atoms with Crippen LogP contribution < -0.4 is 15.0 Å². The maximum Gasteiger partial charge on any atom is 0.314 e. The molecule has 0 spiro atoms. The van der Waals surface area contributed by atoms with Crippen LogP contribution in [0.2, 0.25) is 0 Å². The van der Waals surface area contributed by atoms with Crippen molar-refractivity contribution < 1.29 is 24.0 Å². The van der Waals surface area contributed by atoms with Crippen LogP contribution in [0.1, 0.15) is 46.1 Å². The summed E-state index contributed by atoms with van der Waals surface area (Å²) in [6.07, 6.45) is 1.80. The second-order valence-corrected chi connectivity index (χ2v) is 8.44. The molecule has 1 amide bonds. The second kappa shape index (κ2) is 10.5. The van der Waals surface area contributed by atoms with Crippen molar-refractivity contribution in [3.8, 4) is 5.75 Å². The van der Waals surface area contributed by atoms with Crippen LogP contribution in [0, 0.1) is 5.92 Å². The number of carbonyl (C=O) groups excluding carboxylic acids is 2. The van der Waals surface area contributed by atoms with E-state index < -0.39 is 0 Å². The van der Waals surface area contributed by atoms with Crippen molar-refractivity contribution in [3.63, 3.8) is 0 Å². The Hall–Kier alpha value is -2.08. The number of amides is 1. The number of hydrogen-bond acceptors (Lipinski definition) is 4. The van der Waals surface area contributed by atoms with Gasteiger partial charge in [0.2, 0.25) is 0 Å². The number of piperidine rings is 1. The molecule has 28 heavy (non-hydrogen) atoms. The van der Waals surface area contributed by atoms with Gasteiger partial charge >= 0.3 is 5.97 Å². The van der Waals surface area contributed by atoms with Crippen LogP contribution >= 0.6 is 0 Å². The average molecular weight is 392 g/mol. The van der Waals surface area contributed by atoms with Crippen molar-refractivity contribution in [2.75, 3.05) is 39.4 Å². The monoisotopic (exact) mass is 391 g/mol. The number of ether oxygens (including phenoxy) is 2. The highest BCUT2D eigenvalue weighted by Crippen LogP contribution is 2.24. The highest BCUT2D eigenvalue weighted by Gasteiger charge is 2.30. The molecule has 6 heteroatoms. The normalized spacial score (nSPS) is 19.7. The van der Waals surface area contributed by atoms with Crippen LogP contribution in [0.25, 0.3) is 0 Å². The van der Waals surface area contributed by atoms with Gasteiger partial charge in [-0.15, -0.1) is 0 Å². The minimum absolute atomic E-state index is 0.00816. The van der Waals surface area contributed by atoms with Crippen LogP contribution in [0.15, 0.2) is 24.3 Å². The molecule has 1 aliphatic rings. The fourth-order valence-electron chi connectivity index (χ4n) is 3.47. The van der Waals surface area contributed by atoms with Crippen LogP contribution in [0.4, 0.5) is 0 Å². The van der Waals surface area contributed by atoms with Gasteiger partial charge in [0.1, 0.15) is 18.3 Å². The Kier molecular flexibility index (Phi) is 8.30. The molecule has 1 heterocycles. The largest absolute Gasteiger partial charge is 0.492 e. The Balaban J connectivity index is 1.66. The first-order valence-electron chi connectivity index (χ1n) is 10.3. The molecule has 0 bridgehead atoms. The van der Waals surface area contributed by atoms with Gasteiger partial charge in [-0.3, -0.25) is 9.59 Å². The molecule has 1 fully saturated rings. The molecule has 1 saturated heterocycles. The Bertz CT molecular complexity index is 637. The minimum Gasteiger partial charge on any atom is -0.492 e. The van der Waals surface area contributed by atoms with Crippen LogP contribution in [-0.4, -0.2) is 51.3 Å². The van der Waals surface area contributed by atoms with Gasteiger partial charge in [0, 0.05) is 0 Å². The molecule has 2 atom stereocenters.